The smallest absolute Gasteiger partial charge is 0.352 e. The van der Waals surface area contributed by atoms with Crippen LogP contribution in [0, 0.1) is 0 Å². The summed E-state index contributed by atoms with van der Waals surface area (Å²) in [4.78, 5) is 19.5. The number of fused-ring (bicyclic) bond motifs is 1. The number of pyridine rings is 2. The van der Waals surface area contributed by atoms with Gasteiger partial charge in [0.05, 0.1) is 5.52 Å². The molecule has 0 saturated carbocycles. The summed E-state index contributed by atoms with van der Waals surface area (Å²) < 4.78 is 1.52. The number of imidazole rings is 1. The van der Waals surface area contributed by atoms with Crippen LogP contribution in [0.5, 0.6) is 0 Å². The topological polar surface area (TPSA) is 67.5 Å². The van der Waals surface area contributed by atoms with Gasteiger partial charge in [-0.1, -0.05) is 17.7 Å². The van der Waals surface area contributed by atoms with Crippen molar-refractivity contribution >= 4 is 23.1 Å². The molecule has 0 saturated heterocycles. The fourth-order valence-electron chi connectivity index (χ4n) is 1.95. The minimum atomic E-state index is -1.04. The van der Waals surface area contributed by atoms with E-state index in [0.717, 1.165) is 0 Å². The number of nitrogens with zero attached hydrogens (tertiary/aromatic N) is 3. The van der Waals surface area contributed by atoms with Crippen LogP contribution in [-0.2, 0) is 0 Å². The van der Waals surface area contributed by atoms with Gasteiger partial charge >= 0.3 is 5.97 Å². The summed E-state index contributed by atoms with van der Waals surface area (Å²) in [5, 5.41) is 9.52. The highest BCUT2D eigenvalue weighted by Crippen LogP contribution is 2.26. The van der Waals surface area contributed by atoms with Gasteiger partial charge in [0.1, 0.15) is 11.5 Å². The van der Waals surface area contributed by atoms with Crippen LogP contribution in [0.4, 0.5) is 0 Å². The summed E-state index contributed by atoms with van der Waals surface area (Å²) in [7, 11) is 0. The van der Waals surface area contributed by atoms with E-state index in [0.29, 0.717) is 16.9 Å². The highest BCUT2D eigenvalue weighted by Gasteiger charge is 2.17. The summed E-state index contributed by atoms with van der Waals surface area (Å²) in [6.45, 7) is 0. The molecule has 19 heavy (non-hydrogen) atoms. The SMILES string of the molecule is O=C(O)c1cccc2c(Cl)nc(-c3cccnc3)n12. The molecule has 0 spiro atoms. The quantitative estimate of drug-likeness (QED) is 0.779. The zero-order valence-electron chi connectivity index (χ0n) is 9.62. The van der Waals surface area contributed by atoms with Gasteiger partial charge in [0.2, 0.25) is 0 Å². The first kappa shape index (κ1) is 11.7. The monoisotopic (exact) mass is 273 g/mol. The molecule has 3 aromatic heterocycles. The summed E-state index contributed by atoms with van der Waals surface area (Å²) in [6.07, 6.45) is 3.25. The Labute approximate surface area is 113 Å². The summed E-state index contributed by atoms with van der Waals surface area (Å²) in [5.74, 6) is -0.573. The van der Waals surface area contributed by atoms with Gasteiger partial charge in [0, 0.05) is 18.0 Å². The summed E-state index contributed by atoms with van der Waals surface area (Å²) in [5.41, 5.74) is 1.37. The second kappa shape index (κ2) is 4.37. The molecule has 0 aliphatic rings. The van der Waals surface area contributed by atoms with Crippen LogP contribution in [0.1, 0.15) is 10.5 Å². The lowest BCUT2D eigenvalue weighted by molar-refractivity contribution is 0.0689. The molecule has 0 atom stereocenters. The predicted molar refractivity (Wildman–Crippen MR) is 70.4 cm³/mol. The van der Waals surface area contributed by atoms with E-state index in [1.165, 1.54) is 10.5 Å². The highest BCUT2D eigenvalue weighted by molar-refractivity contribution is 6.33. The maximum Gasteiger partial charge on any atom is 0.352 e. The Bertz CT molecular complexity index is 768. The van der Waals surface area contributed by atoms with Crippen molar-refractivity contribution in [1.82, 2.24) is 14.4 Å². The largest absolute Gasteiger partial charge is 0.477 e. The van der Waals surface area contributed by atoms with E-state index < -0.39 is 5.97 Å². The van der Waals surface area contributed by atoms with Crippen molar-refractivity contribution in [3.8, 4) is 11.4 Å². The van der Waals surface area contributed by atoms with Crippen LogP contribution < -0.4 is 0 Å². The maximum atomic E-state index is 11.3. The lowest BCUT2D eigenvalue weighted by Gasteiger charge is -2.04. The molecular formula is C13H8ClN3O2. The fraction of sp³-hybridized carbons (Fsp3) is 0. The second-order valence-corrected chi connectivity index (χ2v) is 4.26. The predicted octanol–water partition coefficient (Wildman–Crippen LogP) is 2.75. The molecule has 3 heterocycles. The van der Waals surface area contributed by atoms with Gasteiger partial charge in [-0.05, 0) is 24.3 Å². The molecule has 0 radical (unpaired) electrons. The molecular weight excluding hydrogens is 266 g/mol. The van der Waals surface area contributed by atoms with Crippen molar-refractivity contribution in [2.45, 2.75) is 0 Å². The molecule has 0 aliphatic heterocycles. The van der Waals surface area contributed by atoms with Gasteiger partial charge < -0.3 is 5.11 Å². The number of carboxylic acids is 1. The Morgan fingerprint density at radius 1 is 1.26 bits per heavy atom. The average Bonchev–Trinajstić information content (AvgIpc) is 2.77. The summed E-state index contributed by atoms with van der Waals surface area (Å²) in [6, 6.07) is 8.43. The van der Waals surface area contributed by atoms with Crippen LogP contribution in [0.15, 0.2) is 42.7 Å². The van der Waals surface area contributed by atoms with Crippen molar-refractivity contribution in [2.75, 3.05) is 0 Å². The van der Waals surface area contributed by atoms with Crippen LogP contribution in [-0.4, -0.2) is 25.4 Å². The zero-order chi connectivity index (χ0) is 13.4. The molecule has 0 bridgehead atoms. The van der Waals surface area contributed by atoms with Crippen molar-refractivity contribution < 1.29 is 9.90 Å². The zero-order valence-corrected chi connectivity index (χ0v) is 10.4. The first-order chi connectivity index (χ1) is 9.18. The van der Waals surface area contributed by atoms with E-state index in [1.807, 2.05) is 0 Å². The first-order valence-electron chi connectivity index (χ1n) is 5.49. The lowest BCUT2D eigenvalue weighted by atomic mass is 10.2. The van der Waals surface area contributed by atoms with Gasteiger partial charge in [0.25, 0.3) is 0 Å². The van der Waals surface area contributed by atoms with E-state index >= 15 is 0 Å². The number of carboxylic acid groups (broad SMARTS) is 1. The van der Waals surface area contributed by atoms with Crippen molar-refractivity contribution in [2.24, 2.45) is 0 Å². The number of rotatable bonds is 2. The standard InChI is InChI=1S/C13H8ClN3O2/c14-11-9-4-1-5-10(13(18)19)17(9)12(16-11)8-3-2-6-15-7-8/h1-7H,(H,18,19). The number of aromatic nitrogens is 3. The fourth-order valence-corrected chi connectivity index (χ4v) is 2.18. The van der Waals surface area contributed by atoms with Gasteiger partial charge in [-0.2, -0.15) is 0 Å². The lowest BCUT2D eigenvalue weighted by Crippen LogP contribution is -2.05. The van der Waals surface area contributed by atoms with E-state index in [9.17, 15) is 9.90 Å². The van der Waals surface area contributed by atoms with Gasteiger partial charge in [-0.25, -0.2) is 9.78 Å². The van der Waals surface area contributed by atoms with Crippen molar-refractivity contribution in [3.05, 3.63) is 53.6 Å². The Balaban J connectivity index is 2.40. The molecule has 94 valence electrons. The number of carbonyl (C=O) groups is 1. The third-order valence-corrected chi connectivity index (χ3v) is 3.03. The van der Waals surface area contributed by atoms with Gasteiger partial charge in [-0.3, -0.25) is 9.38 Å². The molecule has 5 nitrogen and oxygen atoms in total. The average molecular weight is 274 g/mol. The minimum absolute atomic E-state index is 0.107. The molecule has 3 aromatic rings. The van der Waals surface area contributed by atoms with E-state index in [-0.39, 0.29) is 10.8 Å². The van der Waals surface area contributed by atoms with E-state index in [4.69, 9.17) is 11.6 Å². The number of hydrogen-bond acceptors (Lipinski definition) is 3. The van der Waals surface area contributed by atoms with E-state index in [2.05, 4.69) is 9.97 Å². The molecule has 0 aliphatic carbocycles. The molecule has 1 N–H and O–H groups in total. The number of aromatic carboxylic acids is 1. The van der Waals surface area contributed by atoms with Crippen LogP contribution in [0.25, 0.3) is 16.9 Å². The van der Waals surface area contributed by atoms with Gasteiger partial charge in [-0.15, -0.1) is 0 Å². The number of hydrogen-bond donors (Lipinski definition) is 1. The molecule has 3 rings (SSSR count). The van der Waals surface area contributed by atoms with Gasteiger partial charge in [0.15, 0.2) is 5.15 Å². The van der Waals surface area contributed by atoms with E-state index in [1.54, 1.807) is 36.7 Å². The Hall–Kier alpha value is -2.40. The normalized spacial score (nSPS) is 10.8. The molecule has 6 heteroatoms. The minimum Gasteiger partial charge on any atom is -0.477 e. The maximum absolute atomic E-state index is 11.3. The third kappa shape index (κ3) is 1.84. The molecule has 0 amide bonds. The molecule has 0 aromatic carbocycles. The Morgan fingerprint density at radius 2 is 2.11 bits per heavy atom. The Morgan fingerprint density at radius 3 is 2.79 bits per heavy atom. The molecule has 0 fully saturated rings. The van der Waals surface area contributed by atoms with Crippen LogP contribution >= 0.6 is 11.6 Å². The highest BCUT2D eigenvalue weighted by atomic mass is 35.5. The second-order valence-electron chi connectivity index (χ2n) is 3.90. The van der Waals surface area contributed by atoms with Crippen molar-refractivity contribution in [1.29, 1.82) is 0 Å². The van der Waals surface area contributed by atoms with Crippen LogP contribution in [0.2, 0.25) is 5.15 Å². The van der Waals surface area contributed by atoms with Crippen molar-refractivity contribution in [3.63, 3.8) is 0 Å². The first-order valence-corrected chi connectivity index (χ1v) is 5.87. The van der Waals surface area contributed by atoms with Crippen LogP contribution in [0.3, 0.4) is 0 Å². The summed E-state index contributed by atoms with van der Waals surface area (Å²) >= 11 is 6.06. The third-order valence-electron chi connectivity index (χ3n) is 2.76. The Kier molecular flexibility index (Phi) is 2.68. The molecule has 0 unspecified atom stereocenters. The number of halogens is 1.